The molecule has 0 radical (unpaired) electrons. The lowest BCUT2D eigenvalue weighted by Crippen LogP contribution is -2.47. The van der Waals surface area contributed by atoms with Gasteiger partial charge in [-0.25, -0.2) is 4.79 Å². The van der Waals surface area contributed by atoms with Crippen LogP contribution in [0, 0.1) is 0 Å². The lowest BCUT2D eigenvalue weighted by Gasteiger charge is -2.36. The first-order valence-electron chi connectivity index (χ1n) is 7.96. The van der Waals surface area contributed by atoms with E-state index in [-0.39, 0.29) is 23.4 Å². The van der Waals surface area contributed by atoms with Gasteiger partial charge in [-0.2, -0.15) is 0 Å². The summed E-state index contributed by atoms with van der Waals surface area (Å²) in [6.45, 7) is 6.63. The van der Waals surface area contributed by atoms with Crippen molar-refractivity contribution in [2.45, 2.75) is 38.0 Å². The second kappa shape index (κ2) is 7.45. The molecule has 2 unspecified atom stereocenters. The van der Waals surface area contributed by atoms with Crippen molar-refractivity contribution in [1.29, 1.82) is 0 Å². The van der Waals surface area contributed by atoms with Crippen LogP contribution < -0.4 is 5.32 Å². The summed E-state index contributed by atoms with van der Waals surface area (Å²) in [6, 6.07) is 7.39. The van der Waals surface area contributed by atoms with Crippen LogP contribution in [0.2, 0.25) is 0 Å². The summed E-state index contributed by atoms with van der Waals surface area (Å²) >= 11 is 0. The van der Waals surface area contributed by atoms with E-state index in [1.54, 1.807) is 4.90 Å². The normalized spacial score (nSPS) is 19.1. The number of carbonyl (C=O) groups is 1. The molecule has 1 aromatic rings. The molecular weight excluding hydrogens is 312 g/mol. The summed E-state index contributed by atoms with van der Waals surface area (Å²) in [4.78, 5) is 14.1. The highest BCUT2D eigenvalue weighted by Gasteiger charge is 2.30. The first kappa shape index (κ1) is 17.9. The van der Waals surface area contributed by atoms with Crippen molar-refractivity contribution in [3.8, 4) is 0 Å². The molecule has 1 aromatic carbocycles. The molecule has 1 heterocycles. The van der Waals surface area contributed by atoms with Crippen molar-refractivity contribution < 1.29 is 14.1 Å². The van der Waals surface area contributed by atoms with E-state index in [9.17, 15) is 14.1 Å². The van der Waals surface area contributed by atoms with Crippen molar-refractivity contribution in [3.63, 3.8) is 0 Å². The van der Waals surface area contributed by atoms with Gasteiger partial charge in [0.2, 0.25) is 0 Å². The molecule has 0 fully saturated rings. The van der Waals surface area contributed by atoms with Crippen LogP contribution >= 0.6 is 0 Å². The third-order valence-electron chi connectivity index (χ3n) is 4.09. The molecule has 2 rings (SSSR count). The van der Waals surface area contributed by atoms with Gasteiger partial charge in [-0.15, -0.1) is 0 Å². The summed E-state index contributed by atoms with van der Waals surface area (Å²) in [5.41, 5.74) is 2.19. The molecule has 2 N–H and O–H groups in total. The molecule has 1 aliphatic heterocycles. The molecular formula is C17H26N2O3S. The Hall–Kier alpha value is -1.40. The molecule has 0 aromatic heterocycles. The van der Waals surface area contributed by atoms with E-state index in [0.717, 1.165) is 12.0 Å². The number of amides is 2. The van der Waals surface area contributed by atoms with Gasteiger partial charge >= 0.3 is 6.03 Å². The van der Waals surface area contributed by atoms with Gasteiger partial charge in [0.05, 0.1) is 12.6 Å². The van der Waals surface area contributed by atoms with Crippen LogP contribution in [0.1, 0.15) is 37.9 Å². The zero-order valence-electron chi connectivity index (χ0n) is 14.0. The van der Waals surface area contributed by atoms with E-state index in [0.29, 0.717) is 18.8 Å². The SMILES string of the molecule is CC(C)(C)S(=O)CCNC(=O)N1CCc2ccccc2C1CO. The van der Waals surface area contributed by atoms with E-state index >= 15 is 0 Å². The number of nitrogens with one attached hydrogen (secondary N) is 1. The van der Waals surface area contributed by atoms with E-state index < -0.39 is 10.8 Å². The number of rotatable bonds is 4. The van der Waals surface area contributed by atoms with Crippen molar-refractivity contribution in [2.75, 3.05) is 25.4 Å². The molecule has 128 valence electrons. The van der Waals surface area contributed by atoms with Crippen LogP contribution in [-0.2, 0) is 17.2 Å². The summed E-state index contributed by atoms with van der Waals surface area (Å²) in [5.74, 6) is 0.434. The lowest BCUT2D eigenvalue weighted by atomic mass is 9.93. The minimum Gasteiger partial charge on any atom is -0.394 e. The molecule has 6 heteroatoms. The summed E-state index contributed by atoms with van der Waals surface area (Å²) in [7, 11) is -0.988. The minimum atomic E-state index is -0.988. The number of fused-ring (bicyclic) bond motifs is 1. The zero-order chi connectivity index (χ0) is 17.0. The highest BCUT2D eigenvalue weighted by atomic mass is 32.2. The molecule has 2 atom stereocenters. The van der Waals surface area contributed by atoms with Gasteiger partial charge < -0.3 is 15.3 Å². The maximum atomic E-state index is 12.4. The Balaban J connectivity index is 1.96. The Morgan fingerprint density at radius 1 is 1.39 bits per heavy atom. The predicted octanol–water partition coefficient (Wildman–Crippen LogP) is 1.83. The molecule has 2 amide bonds. The standard InChI is InChI=1S/C17H26N2O3S/c1-17(2,3)23(22)11-9-18-16(21)19-10-8-13-6-4-5-7-14(13)15(19)12-20/h4-7,15,20H,8-12H2,1-3H3,(H,18,21). The van der Waals surface area contributed by atoms with Crippen LogP contribution in [0.5, 0.6) is 0 Å². The fourth-order valence-electron chi connectivity index (χ4n) is 2.75. The number of hydrogen-bond donors (Lipinski definition) is 2. The minimum absolute atomic E-state index is 0.0989. The van der Waals surface area contributed by atoms with Gasteiger partial charge in [0.1, 0.15) is 0 Å². The summed E-state index contributed by atoms with van der Waals surface area (Å²) < 4.78 is 11.7. The van der Waals surface area contributed by atoms with E-state index in [4.69, 9.17) is 0 Å². The number of urea groups is 1. The first-order chi connectivity index (χ1) is 10.8. The summed E-state index contributed by atoms with van der Waals surface area (Å²) in [6.07, 6.45) is 0.786. The van der Waals surface area contributed by atoms with Crippen molar-refractivity contribution in [2.24, 2.45) is 0 Å². The van der Waals surface area contributed by atoms with Crippen LogP contribution in [-0.4, -0.2) is 50.4 Å². The molecule has 0 saturated heterocycles. The largest absolute Gasteiger partial charge is 0.394 e. The monoisotopic (exact) mass is 338 g/mol. The Bertz CT molecular complexity index is 583. The number of hydrogen-bond acceptors (Lipinski definition) is 3. The van der Waals surface area contributed by atoms with Crippen molar-refractivity contribution >= 4 is 16.8 Å². The average molecular weight is 338 g/mol. The second-order valence-corrected chi connectivity index (χ2v) is 9.06. The highest BCUT2D eigenvalue weighted by Crippen LogP contribution is 2.29. The fraction of sp³-hybridized carbons (Fsp3) is 0.588. The molecule has 0 bridgehead atoms. The average Bonchev–Trinajstić information content (AvgIpc) is 2.52. The van der Waals surface area contributed by atoms with Crippen molar-refractivity contribution in [1.82, 2.24) is 10.2 Å². The zero-order valence-corrected chi connectivity index (χ0v) is 14.9. The van der Waals surface area contributed by atoms with Gasteiger partial charge in [0.25, 0.3) is 0 Å². The molecule has 0 spiro atoms. The van der Waals surface area contributed by atoms with E-state index in [1.807, 2.05) is 45.0 Å². The van der Waals surface area contributed by atoms with Gasteiger partial charge in [0.15, 0.2) is 0 Å². The Morgan fingerprint density at radius 3 is 2.74 bits per heavy atom. The number of carbonyl (C=O) groups excluding carboxylic acids is 1. The first-order valence-corrected chi connectivity index (χ1v) is 9.28. The topological polar surface area (TPSA) is 69.6 Å². The quantitative estimate of drug-likeness (QED) is 0.880. The maximum absolute atomic E-state index is 12.4. The van der Waals surface area contributed by atoms with Crippen molar-refractivity contribution in [3.05, 3.63) is 35.4 Å². The smallest absolute Gasteiger partial charge is 0.318 e. The number of aliphatic hydroxyl groups is 1. The second-order valence-electron chi connectivity index (χ2n) is 6.73. The number of aliphatic hydroxyl groups excluding tert-OH is 1. The third kappa shape index (κ3) is 4.32. The number of benzene rings is 1. The van der Waals surface area contributed by atoms with E-state index in [1.165, 1.54) is 5.56 Å². The number of nitrogens with zero attached hydrogens (tertiary/aromatic N) is 1. The maximum Gasteiger partial charge on any atom is 0.318 e. The van der Waals surface area contributed by atoms with Crippen LogP contribution in [0.25, 0.3) is 0 Å². The van der Waals surface area contributed by atoms with Gasteiger partial charge in [0, 0.05) is 34.4 Å². The van der Waals surface area contributed by atoms with Crippen LogP contribution in [0.3, 0.4) is 0 Å². The Kier molecular flexibility index (Phi) is 5.81. The van der Waals surface area contributed by atoms with Gasteiger partial charge in [-0.1, -0.05) is 24.3 Å². The van der Waals surface area contributed by atoms with Crippen LogP contribution in [0.15, 0.2) is 24.3 Å². The molecule has 1 aliphatic rings. The predicted molar refractivity (Wildman–Crippen MR) is 92.8 cm³/mol. The third-order valence-corrected chi connectivity index (χ3v) is 6.03. The van der Waals surface area contributed by atoms with Gasteiger partial charge in [-0.3, -0.25) is 4.21 Å². The molecule has 5 nitrogen and oxygen atoms in total. The molecule has 0 aliphatic carbocycles. The molecule has 23 heavy (non-hydrogen) atoms. The fourth-order valence-corrected chi connectivity index (χ4v) is 3.65. The highest BCUT2D eigenvalue weighted by molar-refractivity contribution is 7.86. The molecule has 0 saturated carbocycles. The summed E-state index contributed by atoms with van der Waals surface area (Å²) in [5, 5.41) is 12.5. The lowest BCUT2D eigenvalue weighted by molar-refractivity contribution is 0.127. The van der Waals surface area contributed by atoms with Crippen LogP contribution in [0.4, 0.5) is 4.79 Å². The Labute approximate surface area is 140 Å². The Morgan fingerprint density at radius 2 is 2.09 bits per heavy atom. The van der Waals surface area contributed by atoms with Gasteiger partial charge in [-0.05, 0) is 38.3 Å². The van der Waals surface area contributed by atoms with E-state index in [2.05, 4.69) is 5.32 Å².